The number of hydrogen-bond acceptors (Lipinski definition) is 3. The maximum absolute atomic E-state index is 5.36. The van der Waals surface area contributed by atoms with Gasteiger partial charge in [-0.3, -0.25) is 9.98 Å². The first-order valence-corrected chi connectivity index (χ1v) is 16.1. The Hall–Kier alpha value is -5.67. The van der Waals surface area contributed by atoms with Crippen molar-refractivity contribution in [3.8, 4) is 22.4 Å². The van der Waals surface area contributed by atoms with Gasteiger partial charge in [0.15, 0.2) is 0 Å². The van der Waals surface area contributed by atoms with Crippen molar-refractivity contribution in [1.82, 2.24) is 9.97 Å². The topological polar surface area (TPSA) is 38.1 Å². The van der Waals surface area contributed by atoms with Gasteiger partial charge in [-0.25, -0.2) is 4.98 Å². The van der Waals surface area contributed by atoms with Crippen LogP contribution in [0, 0.1) is 0 Å². The lowest BCUT2D eigenvalue weighted by atomic mass is 9.88. The van der Waals surface area contributed by atoms with Crippen molar-refractivity contribution in [2.75, 3.05) is 0 Å². The van der Waals surface area contributed by atoms with E-state index in [2.05, 4.69) is 146 Å². The Morgan fingerprint density at radius 2 is 1.28 bits per heavy atom. The first kappa shape index (κ1) is 26.7. The third-order valence-electron chi connectivity index (χ3n) is 9.45. The highest BCUT2D eigenvalue weighted by atomic mass is 14.8. The van der Waals surface area contributed by atoms with Crippen LogP contribution in [0.15, 0.2) is 156 Å². The maximum atomic E-state index is 5.36. The van der Waals surface area contributed by atoms with Gasteiger partial charge in [0.05, 0.1) is 28.1 Å². The van der Waals surface area contributed by atoms with Crippen LogP contribution in [0.3, 0.4) is 0 Å². The summed E-state index contributed by atoms with van der Waals surface area (Å²) in [6, 6.07) is 45.2. The third kappa shape index (κ3) is 4.72. The highest BCUT2D eigenvalue weighted by molar-refractivity contribution is 6.06. The molecule has 9 rings (SSSR count). The van der Waals surface area contributed by atoms with Gasteiger partial charge in [-0.1, -0.05) is 133 Å². The van der Waals surface area contributed by atoms with Crippen LogP contribution in [0.1, 0.15) is 24.5 Å². The largest absolute Gasteiger partial charge is 0.274 e. The fourth-order valence-corrected chi connectivity index (χ4v) is 6.99. The van der Waals surface area contributed by atoms with E-state index in [0.717, 1.165) is 56.8 Å². The van der Waals surface area contributed by atoms with Crippen LogP contribution in [-0.2, 0) is 0 Å². The molecule has 3 nitrogen and oxygen atoms in total. The SMILES string of the molecule is C1=CC(C2CC=c3ccc4ccc(-c5ccccc5)nc4c3=N2)=CC(c2ccc3ccc4ccc(-c5ccccc5)cc4c3n2)C1. The van der Waals surface area contributed by atoms with Crippen LogP contribution in [0.25, 0.3) is 61.0 Å². The molecule has 2 aliphatic rings. The van der Waals surface area contributed by atoms with Gasteiger partial charge in [0.2, 0.25) is 0 Å². The lowest BCUT2D eigenvalue weighted by molar-refractivity contribution is 0.740. The van der Waals surface area contributed by atoms with Crippen molar-refractivity contribution in [1.29, 1.82) is 0 Å². The van der Waals surface area contributed by atoms with Gasteiger partial charge in [-0.15, -0.1) is 0 Å². The number of aromatic nitrogens is 2. The second kappa shape index (κ2) is 11.0. The summed E-state index contributed by atoms with van der Waals surface area (Å²) < 4.78 is 0. The second-order valence-corrected chi connectivity index (χ2v) is 12.3. The summed E-state index contributed by atoms with van der Waals surface area (Å²) in [5.74, 6) is 0.198. The van der Waals surface area contributed by atoms with Crippen LogP contribution in [0.2, 0.25) is 0 Å². The minimum absolute atomic E-state index is 0.0500. The number of nitrogens with zero attached hydrogens (tertiary/aromatic N) is 3. The molecule has 0 saturated heterocycles. The Bertz CT molecular complexity index is 2480. The third-order valence-corrected chi connectivity index (χ3v) is 9.45. The van der Waals surface area contributed by atoms with Gasteiger partial charge < -0.3 is 0 Å². The van der Waals surface area contributed by atoms with E-state index in [0.29, 0.717) is 0 Å². The van der Waals surface area contributed by atoms with Crippen LogP contribution in [0.4, 0.5) is 0 Å². The summed E-state index contributed by atoms with van der Waals surface area (Å²) in [5, 5.41) is 6.84. The molecule has 5 aromatic carbocycles. The number of allylic oxidation sites excluding steroid dienone is 2. The summed E-state index contributed by atoms with van der Waals surface area (Å²) in [7, 11) is 0. The molecule has 0 saturated carbocycles. The number of pyridine rings is 2. The summed E-state index contributed by atoms with van der Waals surface area (Å²) in [5.41, 5.74) is 8.91. The first-order chi connectivity index (χ1) is 22.8. The predicted octanol–water partition coefficient (Wildman–Crippen LogP) is 9.11. The standard InChI is InChI=1S/C43H31N3/c1-3-8-28(9-4-1)34-19-15-29-14-16-31-20-24-39(44-41(31)37(29)27-34)35-12-7-13-36(26-35)40-25-22-33-18-17-32-21-23-38(30-10-5-2-6-11-30)45-42(32)43(33)46-40/h1-11,13-24,26-27,35,40H,12,25H2. The summed E-state index contributed by atoms with van der Waals surface area (Å²) in [4.78, 5) is 15.8. The Kier molecular flexibility index (Phi) is 6.41. The lowest BCUT2D eigenvalue weighted by Gasteiger charge is -2.22. The van der Waals surface area contributed by atoms with Gasteiger partial charge in [0.25, 0.3) is 0 Å². The molecular weight excluding hydrogens is 558 g/mol. The van der Waals surface area contributed by atoms with E-state index in [1.165, 1.54) is 32.9 Å². The van der Waals surface area contributed by atoms with E-state index >= 15 is 0 Å². The number of rotatable bonds is 4. The van der Waals surface area contributed by atoms with E-state index in [-0.39, 0.29) is 12.0 Å². The maximum Gasteiger partial charge on any atom is 0.0967 e. The number of hydrogen-bond donors (Lipinski definition) is 0. The lowest BCUT2D eigenvalue weighted by Crippen LogP contribution is -2.33. The van der Waals surface area contributed by atoms with Gasteiger partial charge in [-0.2, -0.15) is 0 Å². The molecule has 0 N–H and O–H groups in total. The molecule has 0 fully saturated rings. The van der Waals surface area contributed by atoms with Crippen LogP contribution >= 0.6 is 0 Å². The molecule has 46 heavy (non-hydrogen) atoms. The molecule has 1 aliphatic carbocycles. The zero-order chi connectivity index (χ0) is 30.5. The molecule has 0 amide bonds. The number of fused-ring (bicyclic) bond motifs is 6. The van der Waals surface area contributed by atoms with Crippen molar-refractivity contribution in [2.24, 2.45) is 4.99 Å². The summed E-state index contributed by atoms with van der Waals surface area (Å²) in [6.07, 6.45) is 11.1. The molecular formula is C43H31N3. The van der Waals surface area contributed by atoms with Crippen LogP contribution < -0.4 is 10.6 Å². The number of benzene rings is 5. The Morgan fingerprint density at radius 1 is 0.565 bits per heavy atom. The minimum atomic E-state index is 0.0500. The van der Waals surface area contributed by atoms with Crippen LogP contribution in [0.5, 0.6) is 0 Å². The van der Waals surface area contributed by atoms with E-state index in [4.69, 9.17) is 15.0 Å². The average molecular weight is 590 g/mol. The van der Waals surface area contributed by atoms with E-state index in [1.807, 2.05) is 6.07 Å². The van der Waals surface area contributed by atoms with Crippen molar-refractivity contribution < 1.29 is 0 Å². The smallest absolute Gasteiger partial charge is 0.0967 e. The Labute approximate surface area is 267 Å². The predicted molar refractivity (Wildman–Crippen MR) is 190 cm³/mol. The molecule has 0 radical (unpaired) electrons. The fourth-order valence-electron chi connectivity index (χ4n) is 6.99. The molecule has 1 aliphatic heterocycles. The zero-order valence-corrected chi connectivity index (χ0v) is 25.3. The van der Waals surface area contributed by atoms with E-state index < -0.39 is 0 Å². The van der Waals surface area contributed by atoms with Crippen molar-refractivity contribution >= 4 is 38.7 Å². The highest BCUT2D eigenvalue weighted by Crippen LogP contribution is 2.33. The van der Waals surface area contributed by atoms with Gasteiger partial charge >= 0.3 is 0 Å². The minimum Gasteiger partial charge on any atom is -0.274 e. The average Bonchev–Trinajstić information content (AvgIpc) is 3.14. The zero-order valence-electron chi connectivity index (χ0n) is 25.3. The molecule has 2 unspecified atom stereocenters. The molecule has 3 heteroatoms. The van der Waals surface area contributed by atoms with Crippen LogP contribution in [-0.4, -0.2) is 16.0 Å². The Morgan fingerprint density at radius 3 is 2.15 bits per heavy atom. The van der Waals surface area contributed by atoms with Crippen molar-refractivity contribution in [3.05, 3.63) is 167 Å². The molecule has 0 bridgehead atoms. The summed E-state index contributed by atoms with van der Waals surface area (Å²) >= 11 is 0. The quantitative estimate of drug-likeness (QED) is 0.192. The molecule has 0 spiro atoms. The van der Waals surface area contributed by atoms with Crippen molar-refractivity contribution in [2.45, 2.75) is 24.8 Å². The fraction of sp³-hybridized carbons (Fsp3) is 0.0930. The van der Waals surface area contributed by atoms with Gasteiger partial charge in [-0.05, 0) is 58.3 Å². The molecule has 7 aromatic rings. The molecule has 218 valence electrons. The molecule has 2 aromatic heterocycles. The molecule has 2 atom stereocenters. The van der Waals surface area contributed by atoms with E-state index in [9.17, 15) is 0 Å². The first-order valence-electron chi connectivity index (χ1n) is 16.1. The van der Waals surface area contributed by atoms with Gasteiger partial charge in [0, 0.05) is 33.3 Å². The summed E-state index contributed by atoms with van der Waals surface area (Å²) in [6.45, 7) is 0. The van der Waals surface area contributed by atoms with Crippen molar-refractivity contribution in [3.63, 3.8) is 0 Å². The monoisotopic (exact) mass is 589 g/mol. The Balaban J connectivity index is 1.10. The second-order valence-electron chi connectivity index (χ2n) is 12.3. The van der Waals surface area contributed by atoms with Gasteiger partial charge in [0.1, 0.15) is 0 Å². The molecule has 3 heterocycles. The van der Waals surface area contributed by atoms with E-state index in [1.54, 1.807) is 0 Å². The normalized spacial score (nSPS) is 17.3. The highest BCUT2D eigenvalue weighted by Gasteiger charge is 2.21.